The van der Waals surface area contributed by atoms with Crippen molar-refractivity contribution in [2.75, 3.05) is 5.73 Å². The Labute approximate surface area is 106 Å². The molecule has 1 fully saturated rings. The van der Waals surface area contributed by atoms with Crippen LogP contribution in [-0.4, -0.2) is 16.7 Å². The van der Waals surface area contributed by atoms with E-state index >= 15 is 0 Å². The lowest BCUT2D eigenvalue weighted by Crippen LogP contribution is -2.33. The SMILES string of the molecule is CC1CC(=O)N(C2CCc3cc(N)ccc32)C1=O. The third-order valence-electron chi connectivity index (χ3n) is 3.93. The number of aryl methyl sites for hydroxylation is 1. The molecule has 2 N–H and O–H groups in total. The molecule has 1 aliphatic heterocycles. The summed E-state index contributed by atoms with van der Waals surface area (Å²) in [4.78, 5) is 25.5. The predicted molar refractivity (Wildman–Crippen MR) is 67.6 cm³/mol. The van der Waals surface area contributed by atoms with Gasteiger partial charge in [-0.3, -0.25) is 14.5 Å². The molecule has 1 aliphatic carbocycles. The second kappa shape index (κ2) is 3.83. The van der Waals surface area contributed by atoms with E-state index in [9.17, 15) is 9.59 Å². The van der Waals surface area contributed by atoms with Crippen LogP contribution >= 0.6 is 0 Å². The molecule has 1 aromatic rings. The number of fused-ring (bicyclic) bond motifs is 1. The quantitative estimate of drug-likeness (QED) is 0.603. The maximum atomic E-state index is 12.1. The molecule has 4 nitrogen and oxygen atoms in total. The van der Waals surface area contributed by atoms with Crippen LogP contribution in [0.3, 0.4) is 0 Å². The lowest BCUT2D eigenvalue weighted by atomic mass is 10.1. The van der Waals surface area contributed by atoms with Gasteiger partial charge in [0.05, 0.1) is 6.04 Å². The summed E-state index contributed by atoms with van der Waals surface area (Å²) in [6, 6.07) is 5.66. The van der Waals surface area contributed by atoms with Crippen LogP contribution < -0.4 is 5.73 Å². The minimum absolute atomic E-state index is 0.0327. The molecule has 0 spiro atoms. The van der Waals surface area contributed by atoms with Crippen LogP contribution in [-0.2, 0) is 16.0 Å². The average Bonchev–Trinajstić information content (AvgIpc) is 2.81. The Hall–Kier alpha value is -1.84. The van der Waals surface area contributed by atoms with E-state index in [2.05, 4.69) is 0 Å². The normalized spacial score (nSPS) is 26.8. The first-order chi connectivity index (χ1) is 8.58. The van der Waals surface area contributed by atoms with Crippen LogP contribution in [0.4, 0.5) is 5.69 Å². The first kappa shape index (κ1) is 11.3. The van der Waals surface area contributed by atoms with Crippen molar-refractivity contribution in [3.63, 3.8) is 0 Å². The molecule has 1 saturated heterocycles. The van der Waals surface area contributed by atoms with Gasteiger partial charge in [-0.15, -0.1) is 0 Å². The standard InChI is InChI=1S/C14H16N2O2/c1-8-6-13(17)16(14(8)18)12-5-2-9-7-10(15)3-4-11(9)12/h3-4,7-8,12H,2,5-6,15H2,1H3. The smallest absolute Gasteiger partial charge is 0.233 e. The first-order valence-electron chi connectivity index (χ1n) is 6.32. The highest BCUT2D eigenvalue weighted by Gasteiger charge is 2.42. The Morgan fingerprint density at radius 2 is 2.11 bits per heavy atom. The molecule has 2 atom stereocenters. The lowest BCUT2D eigenvalue weighted by Gasteiger charge is -2.23. The van der Waals surface area contributed by atoms with Gasteiger partial charge in [-0.2, -0.15) is 0 Å². The van der Waals surface area contributed by atoms with E-state index in [-0.39, 0.29) is 23.8 Å². The molecule has 3 rings (SSSR count). The topological polar surface area (TPSA) is 63.4 Å². The maximum absolute atomic E-state index is 12.1. The summed E-state index contributed by atoms with van der Waals surface area (Å²) >= 11 is 0. The zero-order valence-corrected chi connectivity index (χ0v) is 10.3. The Morgan fingerprint density at radius 1 is 1.33 bits per heavy atom. The van der Waals surface area contributed by atoms with Gasteiger partial charge in [0.15, 0.2) is 0 Å². The Kier molecular flexibility index (Phi) is 2.40. The molecule has 0 radical (unpaired) electrons. The number of hydrogen-bond acceptors (Lipinski definition) is 3. The van der Waals surface area contributed by atoms with Crippen molar-refractivity contribution < 1.29 is 9.59 Å². The van der Waals surface area contributed by atoms with E-state index in [1.54, 1.807) is 0 Å². The molecule has 2 aliphatic rings. The van der Waals surface area contributed by atoms with E-state index in [0.717, 1.165) is 24.1 Å². The molecule has 2 unspecified atom stereocenters. The minimum atomic E-state index is -0.171. The molecule has 0 bridgehead atoms. The number of imide groups is 1. The second-order valence-corrected chi connectivity index (χ2v) is 5.22. The summed E-state index contributed by atoms with van der Waals surface area (Å²) in [5.41, 5.74) is 8.75. The molecule has 1 aromatic carbocycles. The van der Waals surface area contributed by atoms with Crippen molar-refractivity contribution in [1.82, 2.24) is 4.90 Å². The minimum Gasteiger partial charge on any atom is -0.399 e. The molecule has 0 saturated carbocycles. The summed E-state index contributed by atoms with van der Waals surface area (Å²) in [6.45, 7) is 1.82. The predicted octanol–water partition coefficient (Wildman–Crippen LogP) is 1.65. The van der Waals surface area contributed by atoms with Crippen molar-refractivity contribution >= 4 is 17.5 Å². The van der Waals surface area contributed by atoms with Crippen LogP contribution in [0.5, 0.6) is 0 Å². The van der Waals surface area contributed by atoms with Crippen molar-refractivity contribution in [2.24, 2.45) is 5.92 Å². The number of nitrogens with two attached hydrogens (primary N) is 1. The molecular weight excluding hydrogens is 228 g/mol. The third kappa shape index (κ3) is 1.52. The summed E-state index contributed by atoms with van der Waals surface area (Å²) in [6.07, 6.45) is 2.05. The fourth-order valence-electron chi connectivity index (χ4n) is 3.02. The number of amides is 2. The number of nitrogens with zero attached hydrogens (tertiary/aromatic N) is 1. The van der Waals surface area contributed by atoms with Gasteiger partial charge < -0.3 is 5.73 Å². The fourth-order valence-corrected chi connectivity index (χ4v) is 3.02. The van der Waals surface area contributed by atoms with Gasteiger partial charge in [-0.05, 0) is 36.1 Å². The molecule has 94 valence electrons. The lowest BCUT2D eigenvalue weighted by molar-refractivity contribution is -0.142. The third-order valence-corrected chi connectivity index (χ3v) is 3.93. The summed E-state index contributed by atoms with van der Waals surface area (Å²) in [5.74, 6) is -0.243. The van der Waals surface area contributed by atoms with Crippen LogP contribution in [0.2, 0.25) is 0 Å². The monoisotopic (exact) mass is 244 g/mol. The first-order valence-corrected chi connectivity index (χ1v) is 6.32. The molecular formula is C14H16N2O2. The van der Waals surface area contributed by atoms with Gasteiger partial charge in [0.2, 0.25) is 11.8 Å². The number of carbonyl (C=O) groups excluding carboxylic acids is 2. The van der Waals surface area contributed by atoms with E-state index in [1.807, 2.05) is 25.1 Å². The number of likely N-dealkylation sites (tertiary alicyclic amines) is 1. The molecule has 4 heteroatoms. The highest BCUT2D eigenvalue weighted by Crippen LogP contribution is 2.39. The van der Waals surface area contributed by atoms with Crippen molar-refractivity contribution in [1.29, 1.82) is 0 Å². The number of carbonyl (C=O) groups is 2. The van der Waals surface area contributed by atoms with Crippen LogP contribution in [0.1, 0.15) is 36.9 Å². The number of hydrogen-bond donors (Lipinski definition) is 1. The number of anilines is 1. The molecule has 0 aromatic heterocycles. The van der Waals surface area contributed by atoms with Gasteiger partial charge in [0.1, 0.15) is 0 Å². The second-order valence-electron chi connectivity index (χ2n) is 5.22. The van der Waals surface area contributed by atoms with Gasteiger partial charge in [0.25, 0.3) is 0 Å². The van der Waals surface area contributed by atoms with Crippen molar-refractivity contribution in [3.05, 3.63) is 29.3 Å². The number of rotatable bonds is 1. The van der Waals surface area contributed by atoms with Crippen LogP contribution in [0.25, 0.3) is 0 Å². The van der Waals surface area contributed by atoms with Gasteiger partial charge in [0, 0.05) is 18.0 Å². The number of benzene rings is 1. The summed E-state index contributed by atoms with van der Waals surface area (Å²) < 4.78 is 0. The molecule has 18 heavy (non-hydrogen) atoms. The van der Waals surface area contributed by atoms with Crippen LogP contribution in [0.15, 0.2) is 18.2 Å². The van der Waals surface area contributed by atoms with Crippen molar-refractivity contribution in [2.45, 2.75) is 32.2 Å². The molecule has 1 heterocycles. The van der Waals surface area contributed by atoms with Crippen LogP contribution in [0, 0.1) is 5.92 Å². The Balaban J connectivity index is 1.97. The summed E-state index contributed by atoms with van der Waals surface area (Å²) in [7, 11) is 0. The fraction of sp³-hybridized carbons (Fsp3) is 0.429. The van der Waals surface area contributed by atoms with E-state index < -0.39 is 0 Å². The largest absolute Gasteiger partial charge is 0.399 e. The van der Waals surface area contributed by atoms with Crippen molar-refractivity contribution in [3.8, 4) is 0 Å². The van der Waals surface area contributed by atoms with Gasteiger partial charge >= 0.3 is 0 Å². The highest BCUT2D eigenvalue weighted by molar-refractivity contribution is 6.03. The zero-order valence-electron chi connectivity index (χ0n) is 10.3. The van der Waals surface area contributed by atoms with Gasteiger partial charge in [-0.1, -0.05) is 13.0 Å². The molecule has 2 amide bonds. The Morgan fingerprint density at radius 3 is 2.78 bits per heavy atom. The zero-order chi connectivity index (χ0) is 12.9. The van der Waals surface area contributed by atoms with Gasteiger partial charge in [-0.25, -0.2) is 0 Å². The highest BCUT2D eigenvalue weighted by atomic mass is 16.2. The van der Waals surface area contributed by atoms with E-state index in [0.29, 0.717) is 6.42 Å². The maximum Gasteiger partial charge on any atom is 0.233 e. The summed E-state index contributed by atoms with van der Waals surface area (Å²) in [5, 5.41) is 0. The van der Waals surface area contributed by atoms with E-state index in [4.69, 9.17) is 5.73 Å². The van der Waals surface area contributed by atoms with E-state index in [1.165, 1.54) is 10.5 Å². The Bertz CT molecular complexity index is 539. The average molecular weight is 244 g/mol. The number of nitrogen functional groups attached to an aromatic ring is 1.